The van der Waals surface area contributed by atoms with E-state index < -0.39 is 9.84 Å². The van der Waals surface area contributed by atoms with Crippen molar-refractivity contribution in [3.05, 3.63) is 26.4 Å². The third-order valence-corrected chi connectivity index (χ3v) is 3.23. The van der Waals surface area contributed by atoms with E-state index in [2.05, 4.69) is 4.98 Å². The highest BCUT2D eigenvalue weighted by atomic mass is 127. The number of hydrogen-bond donors (Lipinski definition) is 0. The molecule has 0 amide bonds. The molecular formula is C7H9IN2O3S. The lowest BCUT2D eigenvalue weighted by molar-refractivity contribution is 0.591. The van der Waals surface area contributed by atoms with Crippen LogP contribution in [0.25, 0.3) is 0 Å². The molecule has 1 aromatic heterocycles. The maximum atomic E-state index is 11.4. The van der Waals surface area contributed by atoms with E-state index in [4.69, 9.17) is 0 Å². The molecular weight excluding hydrogens is 319 g/mol. The van der Waals surface area contributed by atoms with E-state index in [-0.39, 0.29) is 17.9 Å². The van der Waals surface area contributed by atoms with Gasteiger partial charge in [0, 0.05) is 19.0 Å². The van der Waals surface area contributed by atoms with E-state index in [1.165, 1.54) is 17.1 Å². The molecule has 1 heterocycles. The number of rotatable bonds is 3. The Kier molecular flexibility index (Phi) is 3.65. The molecule has 0 N–H and O–H groups in total. The predicted molar refractivity (Wildman–Crippen MR) is 60.9 cm³/mol. The molecule has 0 atom stereocenters. The zero-order chi connectivity index (χ0) is 10.8. The minimum atomic E-state index is -3.04. The average molecular weight is 328 g/mol. The molecule has 5 nitrogen and oxygen atoms in total. The predicted octanol–water partition coefficient (Wildman–Crippen LogP) is -0.108. The van der Waals surface area contributed by atoms with Crippen LogP contribution in [0.5, 0.6) is 0 Å². The molecule has 0 saturated carbocycles. The number of sulfone groups is 1. The van der Waals surface area contributed by atoms with Crippen molar-refractivity contribution in [2.24, 2.45) is 0 Å². The molecule has 0 aromatic carbocycles. The molecule has 0 aliphatic heterocycles. The Labute approximate surface area is 95.2 Å². The van der Waals surface area contributed by atoms with E-state index in [1.807, 2.05) is 22.6 Å². The first-order valence-electron chi connectivity index (χ1n) is 3.78. The van der Waals surface area contributed by atoms with Crippen LogP contribution >= 0.6 is 22.6 Å². The van der Waals surface area contributed by atoms with Gasteiger partial charge in [0.05, 0.1) is 15.7 Å². The third-order valence-electron chi connectivity index (χ3n) is 1.56. The summed E-state index contributed by atoms with van der Waals surface area (Å²) < 4.78 is 23.5. The van der Waals surface area contributed by atoms with Gasteiger partial charge < -0.3 is 0 Å². The van der Waals surface area contributed by atoms with Crippen LogP contribution in [0.2, 0.25) is 0 Å². The smallest absolute Gasteiger partial charge is 0.266 e. The molecule has 0 saturated heterocycles. The van der Waals surface area contributed by atoms with Gasteiger partial charge >= 0.3 is 0 Å². The molecule has 0 bridgehead atoms. The van der Waals surface area contributed by atoms with Crippen LogP contribution in [0.1, 0.15) is 0 Å². The van der Waals surface area contributed by atoms with Crippen LogP contribution < -0.4 is 5.56 Å². The van der Waals surface area contributed by atoms with Crippen molar-refractivity contribution >= 4 is 32.4 Å². The lowest BCUT2D eigenvalue weighted by Crippen LogP contribution is -2.25. The van der Waals surface area contributed by atoms with E-state index in [9.17, 15) is 13.2 Å². The normalized spacial score (nSPS) is 11.6. The van der Waals surface area contributed by atoms with E-state index >= 15 is 0 Å². The summed E-state index contributed by atoms with van der Waals surface area (Å²) in [6.07, 6.45) is 3.93. The molecule has 0 fully saturated rings. The fourth-order valence-corrected chi connectivity index (χ4v) is 1.85. The Bertz CT molecular complexity index is 480. The van der Waals surface area contributed by atoms with Gasteiger partial charge in [-0.3, -0.25) is 9.36 Å². The maximum Gasteiger partial charge on any atom is 0.266 e. The first-order chi connectivity index (χ1) is 6.40. The quantitative estimate of drug-likeness (QED) is 0.726. The number of hydrogen-bond acceptors (Lipinski definition) is 4. The second-order valence-corrected chi connectivity index (χ2v) is 6.29. The summed E-state index contributed by atoms with van der Waals surface area (Å²) in [4.78, 5) is 15.2. The van der Waals surface area contributed by atoms with Gasteiger partial charge in [0.1, 0.15) is 9.84 Å². The number of halogens is 1. The Morgan fingerprint density at radius 2 is 2.21 bits per heavy atom. The summed E-state index contributed by atoms with van der Waals surface area (Å²) in [7, 11) is -3.04. The van der Waals surface area contributed by atoms with Crippen molar-refractivity contribution < 1.29 is 8.42 Å². The monoisotopic (exact) mass is 328 g/mol. The van der Waals surface area contributed by atoms with Gasteiger partial charge in [-0.15, -0.1) is 0 Å². The minimum absolute atomic E-state index is 0.0469. The van der Waals surface area contributed by atoms with Gasteiger partial charge in [0.25, 0.3) is 5.56 Å². The second kappa shape index (κ2) is 4.39. The lowest BCUT2D eigenvalue weighted by atomic mass is 10.6. The van der Waals surface area contributed by atoms with Crippen LogP contribution in [0.4, 0.5) is 0 Å². The highest BCUT2D eigenvalue weighted by Gasteiger charge is 2.05. The zero-order valence-electron chi connectivity index (χ0n) is 7.47. The molecule has 1 rings (SSSR count). The molecule has 0 aliphatic carbocycles. The highest BCUT2D eigenvalue weighted by Crippen LogP contribution is 1.93. The highest BCUT2D eigenvalue weighted by molar-refractivity contribution is 14.1. The summed E-state index contributed by atoms with van der Waals surface area (Å²) >= 11 is 1.87. The first kappa shape index (κ1) is 11.6. The van der Waals surface area contributed by atoms with Crippen molar-refractivity contribution in [2.45, 2.75) is 6.54 Å². The van der Waals surface area contributed by atoms with Gasteiger partial charge in [-0.2, -0.15) is 0 Å². The van der Waals surface area contributed by atoms with Crippen LogP contribution in [0.15, 0.2) is 17.3 Å². The molecule has 7 heteroatoms. The number of nitrogens with zero attached hydrogens (tertiary/aromatic N) is 2. The molecule has 0 spiro atoms. The van der Waals surface area contributed by atoms with Gasteiger partial charge in [0.2, 0.25) is 0 Å². The molecule has 1 aromatic rings. The molecule has 14 heavy (non-hydrogen) atoms. The van der Waals surface area contributed by atoms with E-state index in [0.717, 1.165) is 6.26 Å². The van der Waals surface area contributed by atoms with Crippen LogP contribution in [0, 0.1) is 3.57 Å². The van der Waals surface area contributed by atoms with Gasteiger partial charge in [-0.05, 0) is 22.6 Å². The summed E-state index contributed by atoms with van der Waals surface area (Å²) in [6, 6.07) is 0. The Morgan fingerprint density at radius 1 is 1.57 bits per heavy atom. The fraction of sp³-hybridized carbons (Fsp3) is 0.429. The number of aryl methyl sites for hydroxylation is 1. The van der Waals surface area contributed by atoms with Crippen molar-refractivity contribution in [1.82, 2.24) is 9.55 Å². The Balaban J connectivity index is 2.89. The van der Waals surface area contributed by atoms with Crippen LogP contribution in [0.3, 0.4) is 0 Å². The van der Waals surface area contributed by atoms with E-state index in [0.29, 0.717) is 3.57 Å². The van der Waals surface area contributed by atoms with Crippen molar-refractivity contribution in [3.8, 4) is 0 Å². The standard InChI is InChI=1S/C7H9IN2O3S/c1-14(12,13)3-2-10-5-9-4-6(8)7(10)11/h4-5H,2-3H2,1H3. The number of aromatic nitrogens is 2. The largest absolute Gasteiger partial charge is 0.297 e. The van der Waals surface area contributed by atoms with Crippen LogP contribution in [-0.2, 0) is 16.4 Å². The maximum absolute atomic E-state index is 11.4. The molecule has 0 radical (unpaired) electrons. The zero-order valence-corrected chi connectivity index (χ0v) is 10.4. The van der Waals surface area contributed by atoms with Crippen molar-refractivity contribution in [1.29, 1.82) is 0 Å². The van der Waals surface area contributed by atoms with Gasteiger partial charge in [0.15, 0.2) is 0 Å². The minimum Gasteiger partial charge on any atom is -0.297 e. The summed E-state index contributed by atoms with van der Waals surface area (Å²) in [5.74, 6) is -0.0469. The van der Waals surface area contributed by atoms with Crippen molar-refractivity contribution in [2.75, 3.05) is 12.0 Å². The lowest BCUT2D eigenvalue weighted by Gasteiger charge is -2.03. The summed E-state index contributed by atoms with van der Waals surface area (Å²) in [5, 5.41) is 0. The van der Waals surface area contributed by atoms with Gasteiger partial charge in [-0.25, -0.2) is 13.4 Å². The first-order valence-corrected chi connectivity index (χ1v) is 6.92. The molecule has 0 aliphatic rings. The van der Waals surface area contributed by atoms with Gasteiger partial charge in [-0.1, -0.05) is 0 Å². The Hall–Kier alpha value is -0.440. The van der Waals surface area contributed by atoms with E-state index in [1.54, 1.807) is 0 Å². The topological polar surface area (TPSA) is 69.0 Å². The Morgan fingerprint density at radius 3 is 2.79 bits per heavy atom. The summed E-state index contributed by atoms with van der Waals surface area (Å²) in [6.45, 7) is 0.154. The molecule has 78 valence electrons. The van der Waals surface area contributed by atoms with Crippen molar-refractivity contribution in [3.63, 3.8) is 0 Å². The second-order valence-electron chi connectivity index (χ2n) is 2.87. The fourth-order valence-electron chi connectivity index (χ4n) is 0.848. The molecule has 0 unspecified atom stereocenters. The average Bonchev–Trinajstić information content (AvgIpc) is 2.06. The SMILES string of the molecule is CS(=O)(=O)CCn1cncc(I)c1=O. The summed E-state index contributed by atoms with van der Waals surface area (Å²) in [5.41, 5.74) is -0.204. The third kappa shape index (κ3) is 3.37. The van der Waals surface area contributed by atoms with Crippen LogP contribution in [-0.4, -0.2) is 30.0 Å².